The van der Waals surface area contributed by atoms with Gasteiger partial charge in [-0.15, -0.1) is 0 Å². The van der Waals surface area contributed by atoms with E-state index in [0.29, 0.717) is 5.57 Å². The van der Waals surface area contributed by atoms with Crippen LogP contribution in [0.25, 0.3) is 0 Å². The van der Waals surface area contributed by atoms with E-state index in [1.807, 2.05) is 6.92 Å². The number of hydrogen-bond acceptors (Lipinski definition) is 12. The van der Waals surface area contributed by atoms with Gasteiger partial charge in [-0.3, -0.25) is 19.2 Å². The maximum atomic E-state index is 13.1. The van der Waals surface area contributed by atoms with Gasteiger partial charge in [0.2, 0.25) is 0 Å². The van der Waals surface area contributed by atoms with E-state index in [1.165, 1.54) is 27.7 Å². The lowest BCUT2D eigenvalue weighted by atomic mass is 9.53. The number of esters is 5. The van der Waals surface area contributed by atoms with E-state index < -0.39 is 94.6 Å². The second kappa shape index (κ2) is 9.01. The number of epoxide rings is 2. The van der Waals surface area contributed by atoms with Gasteiger partial charge in [0, 0.05) is 46.5 Å². The molecule has 5 rings (SSSR count). The fraction of sp³-hybridized carbons (Fsp3) is 0.750. The lowest BCUT2D eigenvalue weighted by Gasteiger charge is -2.54. The van der Waals surface area contributed by atoms with Crippen LogP contribution in [-0.2, 0) is 57.1 Å². The van der Waals surface area contributed by atoms with Gasteiger partial charge in [0.25, 0.3) is 0 Å². The Morgan fingerprint density at radius 1 is 0.875 bits per heavy atom. The summed E-state index contributed by atoms with van der Waals surface area (Å²) in [4.78, 5) is 63.2. The molecule has 2 aliphatic carbocycles. The third kappa shape index (κ3) is 3.97. The van der Waals surface area contributed by atoms with E-state index in [-0.39, 0.29) is 12.8 Å². The monoisotopic (exact) mass is 564 g/mol. The Balaban J connectivity index is 1.81. The van der Waals surface area contributed by atoms with Crippen molar-refractivity contribution < 1.29 is 57.1 Å². The molecule has 0 N–H and O–H groups in total. The summed E-state index contributed by atoms with van der Waals surface area (Å²) in [6, 6.07) is 0. The number of carbonyl (C=O) groups is 5. The number of carbonyl (C=O) groups excluding carboxylic acids is 5. The molecule has 220 valence electrons. The summed E-state index contributed by atoms with van der Waals surface area (Å²) in [5.41, 5.74) is -4.56. The van der Waals surface area contributed by atoms with Crippen molar-refractivity contribution in [2.24, 2.45) is 11.3 Å². The molecule has 11 atom stereocenters. The topological polar surface area (TPSA) is 157 Å². The van der Waals surface area contributed by atoms with Gasteiger partial charge in [-0.25, -0.2) is 4.79 Å². The molecule has 0 radical (unpaired) electrons. The second-order valence-electron chi connectivity index (χ2n) is 12.1. The van der Waals surface area contributed by atoms with Crippen LogP contribution in [0.5, 0.6) is 0 Å². The van der Waals surface area contributed by atoms with E-state index in [2.05, 4.69) is 0 Å². The van der Waals surface area contributed by atoms with Crippen molar-refractivity contribution in [3.8, 4) is 0 Å². The first-order valence-corrected chi connectivity index (χ1v) is 13.5. The van der Waals surface area contributed by atoms with E-state index in [4.69, 9.17) is 33.2 Å². The summed E-state index contributed by atoms with van der Waals surface area (Å²) in [6.07, 6.45) is -3.61. The molecule has 0 amide bonds. The van der Waals surface area contributed by atoms with Gasteiger partial charge in [-0.05, 0) is 26.8 Å². The van der Waals surface area contributed by atoms with Crippen molar-refractivity contribution >= 4 is 29.8 Å². The average molecular weight is 565 g/mol. The van der Waals surface area contributed by atoms with Crippen LogP contribution in [0.4, 0.5) is 0 Å². The maximum Gasteiger partial charge on any atom is 0.342 e. The molecule has 0 bridgehead atoms. The standard InChI is InChI=1S/C28H36O12/c1-12-9-17(34-13(2)29)22(36-15(4)31)25(6)18(35-14(3)30)11-19-26(7,39-19)21(25)23(37-16(5)32)28-20(10-12)38-24(33)27(28,8)40-28/h10,17-23H,9,11H2,1-8H3/b12-10-/t17-,18+,19+,20+,21-,22+,23?,25+,26+,27+,28-/m0/s1. The van der Waals surface area contributed by atoms with Crippen LogP contribution in [0.3, 0.4) is 0 Å². The van der Waals surface area contributed by atoms with Crippen LogP contribution in [0, 0.1) is 11.3 Å². The first-order chi connectivity index (χ1) is 18.5. The minimum atomic E-state index is -1.43. The Morgan fingerprint density at radius 3 is 2.00 bits per heavy atom. The van der Waals surface area contributed by atoms with Gasteiger partial charge in [0.15, 0.2) is 17.3 Å². The Hall–Kier alpha value is -2.99. The molecule has 40 heavy (non-hydrogen) atoms. The van der Waals surface area contributed by atoms with Crippen LogP contribution < -0.4 is 0 Å². The normalized spacial score (nSPS) is 47.9. The van der Waals surface area contributed by atoms with Gasteiger partial charge in [0.05, 0.1) is 17.1 Å². The van der Waals surface area contributed by atoms with Crippen LogP contribution in [-0.4, -0.2) is 83.3 Å². The second-order valence-corrected chi connectivity index (χ2v) is 12.1. The summed E-state index contributed by atoms with van der Waals surface area (Å²) >= 11 is 0. The first kappa shape index (κ1) is 28.5. The van der Waals surface area contributed by atoms with E-state index in [0.717, 1.165) is 0 Å². The highest BCUT2D eigenvalue weighted by Crippen LogP contribution is 2.69. The van der Waals surface area contributed by atoms with Crippen molar-refractivity contribution in [3.63, 3.8) is 0 Å². The molecule has 5 aliphatic rings. The Morgan fingerprint density at radius 2 is 1.45 bits per heavy atom. The van der Waals surface area contributed by atoms with E-state index >= 15 is 0 Å². The van der Waals surface area contributed by atoms with Gasteiger partial charge in [-0.2, -0.15) is 0 Å². The third-order valence-corrected chi connectivity index (χ3v) is 9.36. The average Bonchev–Trinajstić information content (AvgIpc) is 3.64. The fourth-order valence-electron chi connectivity index (χ4n) is 7.70. The van der Waals surface area contributed by atoms with Gasteiger partial charge in [-0.1, -0.05) is 12.5 Å². The number of hydrogen-bond donors (Lipinski definition) is 0. The molecule has 4 fully saturated rings. The lowest BCUT2D eigenvalue weighted by molar-refractivity contribution is -0.228. The minimum absolute atomic E-state index is 0.104. The molecule has 0 aromatic heterocycles. The molecule has 0 aromatic carbocycles. The quantitative estimate of drug-likeness (QED) is 0.211. The molecular weight excluding hydrogens is 528 g/mol. The fourth-order valence-corrected chi connectivity index (χ4v) is 7.70. The van der Waals surface area contributed by atoms with Crippen LogP contribution in [0.2, 0.25) is 0 Å². The number of fused-ring (bicyclic) bond motifs is 3. The summed E-state index contributed by atoms with van der Waals surface area (Å²) in [5.74, 6) is -3.99. The molecule has 1 unspecified atom stereocenters. The zero-order chi connectivity index (χ0) is 29.6. The van der Waals surface area contributed by atoms with Crippen LogP contribution in [0.1, 0.15) is 68.2 Å². The predicted octanol–water partition coefficient (Wildman–Crippen LogP) is 1.70. The van der Waals surface area contributed by atoms with E-state index in [1.54, 1.807) is 26.8 Å². The predicted molar refractivity (Wildman–Crippen MR) is 132 cm³/mol. The van der Waals surface area contributed by atoms with Crippen LogP contribution in [0.15, 0.2) is 11.6 Å². The smallest absolute Gasteiger partial charge is 0.342 e. The molecule has 3 heterocycles. The van der Waals surface area contributed by atoms with Gasteiger partial charge >= 0.3 is 29.8 Å². The molecule has 3 saturated heterocycles. The van der Waals surface area contributed by atoms with Crippen LogP contribution >= 0.6 is 0 Å². The van der Waals surface area contributed by atoms with Gasteiger partial charge in [0.1, 0.15) is 24.4 Å². The number of ether oxygens (including phenoxy) is 7. The zero-order valence-electron chi connectivity index (χ0n) is 23.9. The largest absolute Gasteiger partial charge is 0.462 e. The van der Waals surface area contributed by atoms with Gasteiger partial charge < -0.3 is 33.2 Å². The van der Waals surface area contributed by atoms with Crippen molar-refractivity contribution in [1.29, 1.82) is 0 Å². The Labute approximate surface area is 231 Å². The molecule has 3 aliphatic heterocycles. The Kier molecular flexibility index (Phi) is 6.42. The van der Waals surface area contributed by atoms with Crippen molar-refractivity contribution in [3.05, 3.63) is 11.6 Å². The van der Waals surface area contributed by atoms with E-state index in [9.17, 15) is 24.0 Å². The highest BCUT2D eigenvalue weighted by Gasteiger charge is 2.89. The van der Waals surface area contributed by atoms with Crippen molar-refractivity contribution in [2.75, 3.05) is 0 Å². The highest BCUT2D eigenvalue weighted by molar-refractivity contribution is 5.89. The first-order valence-electron chi connectivity index (χ1n) is 13.5. The third-order valence-electron chi connectivity index (χ3n) is 9.36. The van der Waals surface area contributed by atoms with Crippen molar-refractivity contribution in [2.45, 2.75) is 122 Å². The summed E-state index contributed by atoms with van der Waals surface area (Å²) < 4.78 is 41.9. The summed E-state index contributed by atoms with van der Waals surface area (Å²) in [7, 11) is 0. The molecule has 12 heteroatoms. The highest BCUT2D eigenvalue weighted by atomic mass is 16.7. The maximum absolute atomic E-state index is 13.1. The molecular formula is C28H36O12. The zero-order valence-corrected chi connectivity index (χ0v) is 23.9. The summed E-state index contributed by atoms with van der Waals surface area (Å²) in [6.45, 7) is 11.9. The number of rotatable bonds is 4. The SMILES string of the molecule is CC(=O)OC1[C@@H]2[C@]3(C)O[C@@H]3C[C@@H](OC(C)=O)[C@@]2(C)[C@H](OC(C)=O)[C@@H](OC(C)=O)C/C(C)=C\[C@H]2OC(=O)[C@@]3(C)O[C@]123. The molecule has 1 saturated carbocycles. The molecule has 0 aromatic rings. The lowest BCUT2D eigenvalue weighted by Crippen LogP contribution is -2.68. The summed E-state index contributed by atoms with van der Waals surface area (Å²) in [5, 5.41) is 0. The Bertz CT molecular complexity index is 1210. The molecule has 12 nitrogen and oxygen atoms in total. The van der Waals surface area contributed by atoms with Crippen molar-refractivity contribution in [1.82, 2.24) is 0 Å². The minimum Gasteiger partial charge on any atom is -0.462 e. The molecule has 1 spiro atoms.